The quantitative estimate of drug-likeness (QED) is 0.412. The summed E-state index contributed by atoms with van der Waals surface area (Å²) in [6, 6.07) is 10.5. The summed E-state index contributed by atoms with van der Waals surface area (Å²) >= 11 is 0. The monoisotopic (exact) mass is 339 g/mol. The van der Waals surface area contributed by atoms with E-state index >= 15 is 0 Å². The average molecular weight is 339 g/mol. The Morgan fingerprint density at radius 2 is 2.00 bits per heavy atom. The lowest BCUT2D eigenvalue weighted by Gasteiger charge is -2.11. The summed E-state index contributed by atoms with van der Waals surface area (Å²) in [6.45, 7) is 1.72. The molecule has 0 radical (unpaired) electrons. The van der Waals surface area contributed by atoms with Gasteiger partial charge in [-0.2, -0.15) is 0 Å². The van der Waals surface area contributed by atoms with E-state index in [-0.39, 0.29) is 22.6 Å². The van der Waals surface area contributed by atoms with E-state index in [1.165, 1.54) is 35.9 Å². The van der Waals surface area contributed by atoms with Crippen molar-refractivity contribution in [2.75, 3.05) is 7.11 Å². The SMILES string of the molecule is COC(=O)c1cccc(-n2c(C)cc3ccc([N+](=O)[O-])cc3c2=O)n1. The van der Waals surface area contributed by atoms with Crippen molar-refractivity contribution >= 4 is 22.4 Å². The zero-order valence-corrected chi connectivity index (χ0v) is 13.4. The zero-order valence-electron chi connectivity index (χ0n) is 13.4. The minimum atomic E-state index is -0.621. The van der Waals surface area contributed by atoms with Gasteiger partial charge in [0.1, 0.15) is 5.82 Å². The Bertz CT molecular complexity index is 1070. The van der Waals surface area contributed by atoms with Crippen LogP contribution in [0.15, 0.2) is 47.3 Å². The van der Waals surface area contributed by atoms with Crippen molar-refractivity contribution in [2.24, 2.45) is 0 Å². The summed E-state index contributed by atoms with van der Waals surface area (Å²) in [5.74, 6) is -0.386. The molecule has 0 saturated carbocycles. The van der Waals surface area contributed by atoms with Gasteiger partial charge in [-0.15, -0.1) is 0 Å². The lowest BCUT2D eigenvalue weighted by Crippen LogP contribution is -2.22. The molecule has 126 valence electrons. The van der Waals surface area contributed by atoms with Crippen LogP contribution >= 0.6 is 0 Å². The highest BCUT2D eigenvalue weighted by molar-refractivity contribution is 5.87. The summed E-state index contributed by atoms with van der Waals surface area (Å²) in [5.41, 5.74) is 0.0239. The second-order valence-corrected chi connectivity index (χ2v) is 5.33. The number of methoxy groups -OCH3 is 1. The van der Waals surface area contributed by atoms with Crippen LogP contribution in [0.3, 0.4) is 0 Å². The van der Waals surface area contributed by atoms with Crippen LogP contribution in [0.2, 0.25) is 0 Å². The second-order valence-electron chi connectivity index (χ2n) is 5.33. The van der Waals surface area contributed by atoms with Crippen molar-refractivity contribution in [3.8, 4) is 5.82 Å². The van der Waals surface area contributed by atoms with Gasteiger partial charge in [0.05, 0.1) is 17.4 Å². The average Bonchev–Trinajstić information content (AvgIpc) is 2.61. The number of carbonyl (C=O) groups is 1. The number of hydrogen-bond acceptors (Lipinski definition) is 6. The summed E-state index contributed by atoms with van der Waals surface area (Å²) in [4.78, 5) is 39.1. The van der Waals surface area contributed by atoms with Gasteiger partial charge in [0.2, 0.25) is 0 Å². The van der Waals surface area contributed by atoms with Crippen LogP contribution in [0, 0.1) is 17.0 Å². The fourth-order valence-electron chi connectivity index (χ4n) is 2.59. The first kappa shape index (κ1) is 16.3. The van der Waals surface area contributed by atoms with Crippen LogP contribution in [0.1, 0.15) is 16.2 Å². The number of ether oxygens (including phenoxy) is 1. The topological polar surface area (TPSA) is 104 Å². The van der Waals surface area contributed by atoms with Crippen molar-refractivity contribution in [2.45, 2.75) is 6.92 Å². The summed E-state index contributed by atoms with van der Waals surface area (Å²) in [5, 5.41) is 11.8. The maximum Gasteiger partial charge on any atom is 0.356 e. The van der Waals surface area contributed by atoms with Gasteiger partial charge in [0.25, 0.3) is 11.2 Å². The Morgan fingerprint density at radius 3 is 2.68 bits per heavy atom. The first-order chi connectivity index (χ1) is 11.9. The van der Waals surface area contributed by atoms with E-state index in [1.54, 1.807) is 25.1 Å². The van der Waals surface area contributed by atoms with E-state index < -0.39 is 16.5 Å². The summed E-state index contributed by atoms with van der Waals surface area (Å²) in [6.07, 6.45) is 0. The number of aryl methyl sites for hydroxylation is 1. The number of nitro groups is 1. The molecule has 0 N–H and O–H groups in total. The molecule has 0 aliphatic carbocycles. The van der Waals surface area contributed by atoms with Crippen molar-refractivity contribution in [3.63, 3.8) is 0 Å². The van der Waals surface area contributed by atoms with E-state index in [9.17, 15) is 19.7 Å². The Hall–Kier alpha value is -3.55. The largest absolute Gasteiger partial charge is 0.464 e. The number of pyridine rings is 2. The van der Waals surface area contributed by atoms with Crippen molar-refractivity contribution in [3.05, 3.63) is 74.3 Å². The Balaban J connectivity index is 2.28. The number of esters is 1. The van der Waals surface area contributed by atoms with Gasteiger partial charge in [-0.25, -0.2) is 9.78 Å². The standard InChI is InChI=1S/C17H13N3O5/c1-10-8-11-6-7-12(20(23)24)9-13(11)16(21)19(10)15-5-3-4-14(18-15)17(22)25-2/h3-9H,1-2H3. The normalized spacial score (nSPS) is 10.6. The molecule has 2 aromatic heterocycles. The molecule has 0 saturated heterocycles. The lowest BCUT2D eigenvalue weighted by atomic mass is 10.1. The molecule has 0 amide bonds. The van der Waals surface area contributed by atoms with Gasteiger partial charge in [0.15, 0.2) is 5.69 Å². The third kappa shape index (κ3) is 2.85. The van der Waals surface area contributed by atoms with Crippen LogP contribution in [0.5, 0.6) is 0 Å². The van der Waals surface area contributed by atoms with Gasteiger partial charge in [0, 0.05) is 17.8 Å². The van der Waals surface area contributed by atoms with E-state index in [1.807, 2.05) is 0 Å². The summed E-state index contributed by atoms with van der Waals surface area (Å²) in [7, 11) is 1.24. The number of benzene rings is 1. The molecule has 25 heavy (non-hydrogen) atoms. The molecule has 0 fully saturated rings. The number of hydrogen-bond donors (Lipinski definition) is 0. The van der Waals surface area contributed by atoms with Gasteiger partial charge in [-0.3, -0.25) is 19.5 Å². The molecular weight excluding hydrogens is 326 g/mol. The van der Waals surface area contributed by atoms with Crippen LogP contribution in [0.25, 0.3) is 16.6 Å². The molecule has 0 atom stereocenters. The molecule has 2 heterocycles. The Labute approximate surface area is 141 Å². The molecule has 3 rings (SSSR count). The molecular formula is C17H13N3O5. The summed E-state index contributed by atoms with van der Waals surface area (Å²) < 4.78 is 5.94. The van der Waals surface area contributed by atoms with Crippen molar-refractivity contribution in [1.29, 1.82) is 0 Å². The molecule has 3 aromatic rings. The first-order valence-corrected chi connectivity index (χ1v) is 7.29. The van der Waals surface area contributed by atoms with Crippen LogP contribution < -0.4 is 5.56 Å². The predicted octanol–water partition coefficient (Wildman–Crippen LogP) is 2.39. The number of aromatic nitrogens is 2. The van der Waals surface area contributed by atoms with Gasteiger partial charge >= 0.3 is 5.97 Å². The van der Waals surface area contributed by atoms with E-state index in [0.717, 1.165) is 0 Å². The van der Waals surface area contributed by atoms with Gasteiger partial charge < -0.3 is 4.74 Å². The Morgan fingerprint density at radius 1 is 1.24 bits per heavy atom. The fraction of sp³-hybridized carbons (Fsp3) is 0.118. The van der Waals surface area contributed by atoms with E-state index in [2.05, 4.69) is 9.72 Å². The molecule has 0 unspecified atom stereocenters. The molecule has 0 aliphatic heterocycles. The predicted molar refractivity (Wildman–Crippen MR) is 90.1 cm³/mol. The van der Waals surface area contributed by atoms with E-state index in [0.29, 0.717) is 11.1 Å². The molecule has 0 spiro atoms. The smallest absolute Gasteiger partial charge is 0.356 e. The van der Waals surface area contributed by atoms with Crippen LogP contribution in [0.4, 0.5) is 5.69 Å². The highest BCUT2D eigenvalue weighted by Gasteiger charge is 2.15. The third-order valence-corrected chi connectivity index (χ3v) is 3.76. The number of fused-ring (bicyclic) bond motifs is 1. The maximum atomic E-state index is 12.9. The van der Waals surface area contributed by atoms with E-state index in [4.69, 9.17) is 0 Å². The highest BCUT2D eigenvalue weighted by atomic mass is 16.6. The molecule has 8 heteroatoms. The minimum absolute atomic E-state index is 0.0606. The fourth-order valence-corrected chi connectivity index (χ4v) is 2.59. The number of carbonyl (C=O) groups excluding carboxylic acids is 1. The number of rotatable bonds is 3. The highest BCUT2D eigenvalue weighted by Crippen LogP contribution is 2.20. The second kappa shape index (κ2) is 6.16. The number of non-ortho nitro benzene ring substituents is 1. The number of nitrogens with zero attached hydrogens (tertiary/aromatic N) is 3. The number of nitro benzene ring substituents is 1. The first-order valence-electron chi connectivity index (χ1n) is 7.29. The molecule has 8 nitrogen and oxygen atoms in total. The minimum Gasteiger partial charge on any atom is -0.464 e. The van der Waals surface area contributed by atoms with Gasteiger partial charge in [-0.1, -0.05) is 6.07 Å². The molecule has 0 aliphatic rings. The van der Waals surface area contributed by atoms with Gasteiger partial charge in [-0.05, 0) is 36.6 Å². The Kier molecular flexibility index (Phi) is 4.02. The van der Waals surface area contributed by atoms with Crippen LogP contribution in [-0.4, -0.2) is 27.6 Å². The third-order valence-electron chi connectivity index (χ3n) is 3.76. The lowest BCUT2D eigenvalue weighted by molar-refractivity contribution is -0.384. The van der Waals surface area contributed by atoms with Crippen LogP contribution in [-0.2, 0) is 4.74 Å². The molecule has 1 aromatic carbocycles. The zero-order chi connectivity index (χ0) is 18.1. The van der Waals surface area contributed by atoms with Crippen molar-refractivity contribution < 1.29 is 14.5 Å². The maximum absolute atomic E-state index is 12.9. The van der Waals surface area contributed by atoms with Crippen molar-refractivity contribution in [1.82, 2.24) is 9.55 Å². The molecule has 0 bridgehead atoms.